The highest BCUT2D eigenvalue weighted by Gasteiger charge is 2.09. The quantitative estimate of drug-likeness (QED) is 0.554. The van der Waals surface area contributed by atoms with Gasteiger partial charge in [-0.3, -0.25) is 4.98 Å². The van der Waals surface area contributed by atoms with Crippen molar-refractivity contribution in [2.75, 3.05) is 17.4 Å². The van der Waals surface area contributed by atoms with E-state index in [1.54, 1.807) is 12.4 Å². The predicted molar refractivity (Wildman–Crippen MR) is 58.0 cm³/mol. The second-order valence-electron chi connectivity index (χ2n) is 3.28. The van der Waals surface area contributed by atoms with Crippen molar-refractivity contribution in [1.82, 2.24) is 9.97 Å². The highest BCUT2D eigenvalue weighted by Crippen LogP contribution is 2.13. The molecule has 78 valence electrons. The predicted octanol–water partition coefficient (Wildman–Crippen LogP) is 0.997. The van der Waals surface area contributed by atoms with Crippen LogP contribution in [-0.2, 0) is 0 Å². The zero-order chi connectivity index (χ0) is 10.6. The first kappa shape index (κ1) is 10.7. The summed E-state index contributed by atoms with van der Waals surface area (Å²) >= 11 is 0. The Morgan fingerprint density at radius 2 is 2.29 bits per heavy atom. The van der Waals surface area contributed by atoms with E-state index in [2.05, 4.69) is 34.1 Å². The van der Waals surface area contributed by atoms with Crippen molar-refractivity contribution >= 4 is 11.6 Å². The largest absolute Gasteiger partial charge is 0.356 e. The number of hydrogen-bond donors (Lipinski definition) is 2. The molecule has 0 aliphatic carbocycles. The molecular formula is C9H17N5. The molecule has 5 nitrogen and oxygen atoms in total. The second kappa shape index (κ2) is 4.76. The van der Waals surface area contributed by atoms with Gasteiger partial charge >= 0.3 is 0 Å². The zero-order valence-electron chi connectivity index (χ0n) is 8.86. The third kappa shape index (κ3) is 2.32. The lowest BCUT2D eigenvalue weighted by Gasteiger charge is -2.24. The van der Waals surface area contributed by atoms with Crippen molar-refractivity contribution in [2.24, 2.45) is 5.84 Å². The van der Waals surface area contributed by atoms with Crippen molar-refractivity contribution in [3.63, 3.8) is 0 Å². The van der Waals surface area contributed by atoms with E-state index < -0.39 is 0 Å². The molecule has 0 saturated heterocycles. The van der Waals surface area contributed by atoms with E-state index in [4.69, 9.17) is 5.84 Å². The monoisotopic (exact) mass is 195 g/mol. The standard InChI is InChI=1S/C9H17N5/c1-4-7(2)14(3)9-6-11-5-8(12-9)13-10/h5-7H,4,10H2,1-3H3,(H,12,13). The molecule has 0 spiro atoms. The number of nitrogen functional groups attached to an aromatic ring is 1. The van der Waals surface area contributed by atoms with Crippen LogP contribution in [0.1, 0.15) is 20.3 Å². The van der Waals surface area contributed by atoms with E-state index >= 15 is 0 Å². The number of rotatable bonds is 4. The molecule has 3 N–H and O–H groups in total. The molecule has 5 heteroatoms. The molecule has 14 heavy (non-hydrogen) atoms. The van der Waals surface area contributed by atoms with Crippen molar-refractivity contribution in [2.45, 2.75) is 26.3 Å². The Morgan fingerprint density at radius 3 is 2.86 bits per heavy atom. The number of nitrogens with one attached hydrogen (secondary N) is 1. The number of hydrazine groups is 1. The first-order valence-corrected chi connectivity index (χ1v) is 4.70. The maximum absolute atomic E-state index is 5.26. The second-order valence-corrected chi connectivity index (χ2v) is 3.28. The van der Waals surface area contributed by atoms with Crippen LogP contribution < -0.4 is 16.2 Å². The van der Waals surface area contributed by atoms with Crippen molar-refractivity contribution in [1.29, 1.82) is 0 Å². The molecule has 0 bridgehead atoms. The van der Waals surface area contributed by atoms with Gasteiger partial charge in [0.15, 0.2) is 5.82 Å². The van der Waals surface area contributed by atoms with Crippen LogP contribution in [0.5, 0.6) is 0 Å². The molecule has 1 aromatic rings. The van der Waals surface area contributed by atoms with Crippen LogP contribution in [0.15, 0.2) is 12.4 Å². The van der Waals surface area contributed by atoms with Crippen molar-refractivity contribution < 1.29 is 0 Å². The average molecular weight is 195 g/mol. The number of nitrogens with zero attached hydrogens (tertiary/aromatic N) is 3. The Balaban J connectivity index is 2.83. The summed E-state index contributed by atoms with van der Waals surface area (Å²) in [7, 11) is 2.00. The smallest absolute Gasteiger partial charge is 0.160 e. The van der Waals surface area contributed by atoms with Gasteiger partial charge in [-0.05, 0) is 13.3 Å². The van der Waals surface area contributed by atoms with Gasteiger partial charge in [-0.15, -0.1) is 0 Å². The lowest BCUT2D eigenvalue weighted by Crippen LogP contribution is -2.29. The molecule has 1 rings (SSSR count). The Kier molecular flexibility index (Phi) is 3.64. The van der Waals surface area contributed by atoms with Gasteiger partial charge in [-0.1, -0.05) is 6.92 Å². The summed E-state index contributed by atoms with van der Waals surface area (Å²) in [6, 6.07) is 0.442. The summed E-state index contributed by atoms with van der Waals surface area (Å²) in [4.78, 5) is 10.4. The van der Waals surface area contributed by atoms with Gasteiger partial charge in [-0.25, -0.2) is 10.8 Å². The minimum Gasteiger partial charge on any atom is -0.356 e. The van der Waals surface area contributed by atoms with Gasteiger partial charge < -0.3 is 10.3 Å². The zero-order valence-corrected chi connectivity index (χ0v) is 8.86. The molecule has 1 heterocycles. The molecule has 1 aromatic heterocycles. The van der Waals surface area contributed by atoms with Crippen molar-refractivity contribution in [3.05, 3.63) is 12.4 Å². The van der Waals surface area contributed by atoms with E-state index in [1.807, 2.05) is 7.05 Å². The molecule has 0 aliphatic rings. The summed E-state index contributed by atoms with van der Waals surface area (Å²) in [5.41, 5.74) is 2.48. The van der Waals surface area contributed by atoms with Crippen LogP contribution >= 0.6 is 0 Å². The highest BCUT2D eigenvalue weighted by atomic mass is 15.3. The average Bonchev–Trinajstić information content (AvgIpc) is 2.27. The molecule has 1 atom stereocenters. The minimum absolute atomic E-state index is 0.442. The first-order valence-electron chi connectivity index (χ1n) is 4.70. The van der Waals surface area contributed by atoms with Gasteiger partial charge in [-0.2, -0.15) is 0 Å². The van der Waals surface area contributed by atoms with Gasteiger partial charge in [0.25, 0.3) is 0 Å². The number of nitrogens with two attached hydrogens (primary N) is 1. The maximum atomic E-state index is 5.26. The van der Waals surface area contributed by atoms with E-state index in [1.165, 1.54) is 0 Å². The van der Waals surface area contributed by atoms with Crippen LogP contribution in [-0.4, -0.2) is 23.1 Å². The lowest BCUT2D eigenvalue weighted by molar-refractivity contribution is 0.656. The number of anilines is 2. The Labute approximate surface area is 84.3 Å². The first-order chi connectivity index (χ1) is 6.69. The highest BCUT2D eigenvalue weighted by molar-refractivity contribution is 5.43. The molecule has 0 saturated carbocycles. The summed E-state index contributed by atoms with van der Waals surface area (Å²) in [6.45, 7) is 4.28. The minimum atomic E-state index is 0.442. The van der Waals surface area contributed by atoms with Crippen LogP contribution in [0.25, 0.3) is 0 Å². The van der Waals surface area contributed by atoms with E-state index in [0.717, 1.165) is 12.2 Å². The third-order valence-electron chi connectivity index (χ3n) is 2.38. The van der Waals surface area contributed by atoms with Crippen LogP contribution in [0, 0.1) is 0 Å². The van der Waals surface area contributed by atoms with Crippen LogP contribution in [0.2, 0.25) is 0 Å². The summed E-state index contributed by atoms with van der Waals surface area (Å²) < 4.78 is 0. The Bertz CT molecular complexity index is 288. The van der Waals surface area contributed by atoms with Gasteiger partial charge in [0.2, 0.25) is 0 Å². The van der Waals surface area contributed by atoms with Crippen molar-refractivity contribution in [3.8, 4) is 0 Å². The normalized spacial score (nSPS) is 12.3. The Hall–Kier alpha value is -1.36. The molecule has 0 fully saturated rings. The maximum Gasteiger partial charge on any atom is 0.160 e. The van der Waals surface area contributed by atoms with E-state index in [0.29, 0.717) is 11.9 Å². The lowest BCUT2D eigenvalue weighted by atomic mass is 10.2. The molecule has 0 amide bonds. The number of hydrogen-bond acceptors (Lipinski definition) is 5. The SMILES string of the molecule is CCC(C)N(C)c1cncc(NN)n1. The summed E-state index contributed by atoms with van der Waals surface area (Å²) in [5.74, 6) is 6.67. The fourth-order valence-corrected chi connectivity index (χ4v) is 1.09. The number of aromatic nitrogens is 2. The summed E-state index contributed by atoms with van der Waals surface area (Å²) in [6.07, 6.45) is 4.39. The molecule has 0 aromatic carbocycles. The van der Waals surface area contributed by atoms with Crippen LogP contribution in [0.4, 0.5) is 11.6 Å². The third-order valence-corrected chi connectivity index (χ3v) is 2.38. The van der Waals surface area contributed by atoms with Crippen LogP contribution in [0.3, 0.4) is 0 Å². The molecular weight excluding hydrogens is 178 g/mol. The summed E-state index contributed by atoms with van der Waals surface area (Å²) in [5, 5.41) is 0. The van der Waals surface area contributed by atoms with Gasteiger partial charge in [0, 0.05) is 13.1 Å². The van der Waals surface area contributed by atoms with E-state index in [9.17, 15) is 0 Å². The molecule has 1 unspecified atom stereocenters. The fourth-order valence-electron chi connectivity index (χ4n) is 1.09. The van der Waals surface area contributed by atoms with Gasteiger partial charge in [0.1, 0.15) is 5.82 Å². The Morgan fingerprint density at radius 1 is 1.57 bits per heavy atom. The fraction of sp³-hybridized carbons (Fsp3) is 0.556. The topological polar surface area (TPSA) is 67.1 Å². The molecule has 0 aliphatic heterocycles. The van der Waals surface area contributed by atoms with Gasteiger partial charge in [0.05, 0.1) is 12.4 Å². The van der Waals surface area contributed by atoms with E-state index in [-0.39, 0.29) is 0 Å². The molecule has 0 radical (unpaired) electrons.